The Balaban J connectivity index is 2.36. The second-order valence-corrected chi connectivity index (χ2v) is 5.99. The molecule has 6 heteroatoms. The minimum atomic E-state index is -3.87. The zero-order valence-electron chi connectivity index (χ0n) is 9.97. The van der Waals surface area contributed by atoms with E-state index in [0.717, 1.165) is 12.1 Å². The van der Waals surface area contributed by atoms with Gasteiger partial charge in [0.05, 0.1) is 4.90 Å². The highest BCUT2D eigenvalue weighted by Gasteiger charge is 2.05. The Bertz CT molecular complexity index is 699. The molecule has 0 bridgehead atoms. The standard InChI is InChI=1S/C13H10ClFNO2S/c1-9-2-3-10(14)8-13(9)16-19(17,18)12-6-4-11(15)5-7-12/h2-8H,1H3/q-1. The van der Waals surface area contributed by atoms with Crippen LogP contribution in [0.25, 0.3) is 4.72 Å². The fraction of sp³-hybridized carbons (Fsp3) is 0.0769. The molecule has 3 nitrogen and oxygen atoms in total. The van der Waals surface area contributed by atoms with Gasteiger partial charge in [0.15, 0.2) is 0 Å². The Kier molecular flexibility index (Phi) is 3.78. The van der Waals surface area contributed by atoms with Gasteiger partial charge in [-0.05, 0) is 37.3 Å². The number of sulfonamides is 1. The third-order valence-electron chi connectivity index (χ3n) is 2.50. The molecular formula is C13H10ClFNO2S-. The molecule has 0 amide bonds. The molecule has 100 valence electrons. The van der Waals surface area contributed by atoms with Crippen LogP contribution in [0.2, 0.25) is 5.02 Å². The highest BCUT2D eigenvalue weighted by Crippen LogP contribution is 2.32. The van der Waals surface area contributed by atoms with Crippen LogP contribution in [0.5, 0.6) is 0 Å². The van der Waals surface area contributed by atoms with Crippen LogP contribution in [-0.4, -0.2) is 8.42 Å². The first-order chi connectivity index (χ1) is 8.88. The summed E-state index contributed by atoms with van der Waals surface area (Å²) < 4.78 is 40.6. The average Bonchev–Trinajstić information content (AvgIpc) is 2.34. The first-order valence-corrected chi connectivity index (χ1v) is 7.20. The van der Waals surface area contributed by atoms with E-state index in [-0.39, 0.29) is 10.6 Å². The Hall–Kier alpha value is -1.59. The molecule has 0 aliphatic heterocycles. The van der Waals surface area contributed by atoms with Crippen molar-refractivity contribution in [3.63, 3.8) is 0 Å². The van der Waals surface area contributed by atoms with E-state index < -0.39 is 15.8 Å². The van der Waals surface area contributed by atoms with Gasteiger partial charge in [-0.2, -0.15) is 0 Å². The summed E-state index contributed by atoms with van der Waals surface area (Å²) in [6.07, 6.45) is 0. The first-order valence-electron chi connectivity index (χ1n) is 5.38. The second kappa shape index (κ2) is 5.19. The van der Waals surface area contributed by atoms with Crippen LogP contribution in [0.1, 0.15) is 5.56 Å². The number of hydrogen-bond donors (Lipinski definition) is 0. The van der Waals surface area contributed by atoms with Crippen molar-refractivity contribution in [2.75, 3.05) is 0 Å². The molecule has 0 heterocycles. The van der Waals surface area contributed by atoms with Crippen molar-refractivity contribution >= 4 is 27.3 Å². The van der Waals surface area contributed by atoms with E-state index in [1.54, 1.807) is 19.1 Å². The van der Waals surface area contributed by atoms with E-state index >= 15 is 0 Å². The molecule has 0 unspecified atom stereocenters. The number of rotatable bonds is 3. The van der Waals surface area contributed by atoms with Gasteiger partial charge in [-0.15, -0.1) is 5.69 Å². The zero-order chi connectivity index (χ0) is 14.0. The molecule has 2 aromatic rings. The molecule has 0 aliphatic rings. The SMILES string of the molecule is Cc1ccc(Cl)cc1[N-]S(=O)(=O)c1ccc(F)cc1. The van der Waals surface area contributed by atoms with Gasteiger partial charge in [0.2, 0.25) is 0 Å². The molecule has 0 saturated heterocycles. The van der Waals surface area contributed by atoms with Crippen molar-refractivity contribution in [2.24, 2.45) is 0 Å². The third kappa shape index (κ3) is 3.24. The summed E-state index contributed by atoms with van der Waals surface area (Å²) in [4.78, 5) is -0.0618. The van der Waals surface area contributed by atoms with Crippen molar-refractivity contribution < 1.29 is 12.8 Å². The predicted molar refractivity (Wildman–Crippen MR) is 72.8 cm³/mol. The molecule has 2 rings (SSSR count). The third-order valence-corrected chi connectivity index (χ3v) is 4.04. The van der Waals surface area contributed by atoms with Crippen molar-refractivity contribution in [1.82, 2.24) is 0 Å². The molecule has 19 heavy (non-hydrogen) atoms. The summed E-state index contributed by atoms with van der Waals surface area (Å²) in [5.41, 5.74) is 0.965. The van der Waals surface area contributed by atoms with Gasteiger partial charge in [0.25, 0.3) is 0 Å². The molecule has 0 atom stereocenters. The van der Waals surface area contributed by atoms with Crippen LogP contribution < -0.4 is 0 Å². The minimum Gasteiger partial charge on any atom is -0.572 e. The Labute approximate surface area is 116 Å². The lowest BCUT2D eigenvalue weighted by molar-refractivity contribution is 0.601. The fourth-order valence-electron chi connectivity index (χ4n) is 1.47. The zero-order valence-corrected chi connectivity index (χ0v) is 11.5. The van der Waals surface area contributed by atoms with Crippen LogP contribution in [0, 0.1) is 12.7 Å². The lowest BCUT2D eigenvalue weighted by Gasteiger charge is -2.24. The monoisotopic (exact) mass is 298 g/mol. The normalized spacial score (nSPS) is 11.3. The first kappa shape index (κ1) is 13.8. The maximum absolute atomic E-state index is 12.8. The summed E-state index contributed by atoms with van der Waals surface area (Å²) in [5, 5.41) is 0.402. The number of benzene rings is 2. The fourth-order valence-corrected chi connectivity index (χ4v) is 2.68. The van der Waals surface area contributed by atoms with Gasteiger partial charge in [-0.1, -0.05) is 29.3 Å². The van der Waals surface area contributed by atoms with Crippen molar-refractivity contribution in [3.05, 3.63) is 63.6 Å². The summed E-state index contributed by atoms with van der Waals surface area (Å²) in [7, 11) is -3.87. The molecule has 0 aliphatic carbocycles. The van der Waals surface area contributed by atoms with Crippen LogP contribution in [0.3, 0.4) is 0 Å². The van der Waals surface area contributed by atoms with Crippen molar-refractivity contribution in [3.8, 4) is 0 Å². The average molecular weight is 299 g/mol. The van der Waals surface area contributed by atoms with E-state index in [2.05, 4.69) is 4.72 Å². The Morgan fingerprint density at radius 2 is 1.74 bits per heavy atom. The largest absolute Gasteiger partial charge is 0.572 e. The van der Waals surface area contributed by atoms with Gasteiger partial charge in [0.1, 0.15) is 15.8 Å². The van der Waals surface area contributed by atoms with E-state index in [1.807, 2.05) is 0 Å². The number of nitrogens with zero attached hydrogens (tertiary/aromatic N) is 1. The predicted octanol–water partition coefficient (Wildman–Crippen LogP) is 4.18. The molecular weight excluding hydrogens is 289 g/mol. The molecule has 0 spiro atoms. The highest BCUT2D eigenvalue weighted by molar-refractivity contribution is 7.94. The molecule has 0 fully saturated rings. The summed E-state index contributed by atoms with van der Waals surface area (Å²) in [6, 6.07) is 9.31. The van der Waals surface area contributed by atoms with Gasteiger partial charge in [-0.25, -0.2) is 12.8 Å². The van der Waals surface area contributed by atoms with Gasteiger partial charge in [-0.3, -0.25) is 0 Å². The second-order valence-electron chi connectivity index (χ2n) is 3.95. The lowest BCUT2D eigenvalue weighted by atomic mass is 10.2. The van der Waals surface area contributed by atoms with Crippen molar-refractivity contribution in [2.45, 2.75) is 11.8 Å². The molecule has 0 aromatic heterocycles. The quantitative estimate of drug-likeness (QED) is 0.853. The maximum Gasteiger partial charge on any atom is 0.123 e. The summed E-state index contributed by atoms with van der Waals surface area (Å²) in [5.74, 6) is -0.502. The van der Waals surface area contributed by atoms with Gasteiger partial charge in [0, 0.05) is 5.02 Å². The summed E-state index contributed by atoms with van der Waals surface area (Å²) >= 11 is 5.81. The van der Waals surface area contributed by atoms with Crippen LogP contribution in [0.4, 0.5) is 10.1 Å². The number of hydrogen-bond acceptors (Lipinski definition) is 2. The van der Waals surface area contributed by atoms with E-state index in [9.17, 15) is 12.8 Å². The summed E-state index contributed by atoms with van der Waals surface area (Å²) in [6.45, 7) is 1.73. The molecule has 2 aromatic carbocycles. The smallest absolute Gasteiger partial charge is 0.123 e. The van der Waals surface area contributed by atoms with E-state index in [1.165, 1.54) is 18.2 Å². The number of aryl methyl sites for hydroxylation is 1. The van der Waals surface area contributed by atoms with Gasteiger partial charge < -0.3 is 4.72 Å². The molecule has 0 saturated carbocycles. The van der Waals surface area contributed by atoms with E-state index in [0.29, 0.717) is 10.6 Å². The van der Waals surface area contributed by atoms with Crippen LogP contribution in [0.15, 0.2) is 47.4 Å². The van der Waals surface area contributed by atoms with Gasteiger partial charge >= 0.3 is 0 Å². The topological polar surface area (TPSA) is 48.2 Å². The molecule has 0 N–H and O–H groups in total. The minimum absolute atomic E-state index is 0.0618. The Morgan fingerprint density at radius 1 is 1.11 bits per heavy atom. The van der Waals surface area contributed by atoms with Crippen LogP contribution in [-0.2, 0) is 10.0 Å². The van der Waals surface area contributed by atoms with E-state index in [4.69, 9.17) is 11.6 Å². The lowest BCUT2D eigenvalue weighted by Crippen LogP contribution is -1.98. The maximum atomic E-state index is 12.8. The van der Waals surface area contributed by atoms with Crippen LogP contribution >= 0.6 is 11.6 Å². The van der Waals surface area contributed by atoms with Crippen molar-refractivity contribution in [1.29, 1.82) is 0 Å². The highest BCUT2D eigenvalue weighted by atomic mass is 35.5. The Morgan fingerprint density at radius 3 is 2.37 bits per heavy atom. The number of halogens is 2. The molecule has 0 radical (unpaired) electrons.